The Bertz CT molecular complexity index is 401. The minimum Gasteiger partial charge on any atom is -0.279 e. The van der Waals surface area contributed by atoms with Crippen LogP contribution in [0.5, 0.6) is 0 Å². The molecule has 0 aliphatic rings. The third kappa shape index (κ3) is 2.40. The molecule has 0 aliphatic heterocycles. The standard InChI is InChI=1S/C10H6BrFO/c1-2-3-10(13)8-5-4-7(12)6-9(8)11/h4-6H,1H3. The van der Waals surface area contributed by atoms with Gasteiger partial charge in [-0.25, -0.2) is 4.39 Å². The predicted molar refractivity (Wildman–Crippen MR) is 51.9 cm³/mol. The van der Waals surface area contributed by atoms with Crippen LogP contribution < -0.4 is 0 Å². The zero-order valence-electron chi connectivity index (χ0n) is 6.90. The molecule has 0 spiro atoms. The number of carbonyl (C=O) groups is 1. The Labute approximate surface area is 84.1 Å². The lowest BCUT2D eigenvalue weighted by Crippen LogP contribution is -1.96. The molecule has 1 rings (SSSR count). The highest BCUT2D eigenvalue weighted by atomic mass is 79.9. The van der Waals surface area contributed by atoms with Gasteiger partial charge in [0, 0.05) is 10.0 Å². The first-order chi connectivity index (χ1) is 6.15. The van der Waals surface area contributed by atoms with E-state index in [-0.39, 0.29) is 11.6 Å². The molecule has 0 aromatic heterocycles. The van der Waals surface area contributed by atoms with Crippen molar-refractivity contribution in [2.24, 2.45) is 0 Å². The van der Waals surface area contributed by atoms with Crippen LogP contribution in [0.1, 0.15) is 17.3 Å². The van der Waals surface area contributed by atoms with E-state index >= 15 is 0 Å². The van der Waals surface area contributed by atoms with Crippen LogP contribution in [0.2, 0.25) is 0 Å². The van der Waals surface area contributed by atoms with Crippen LogP contribution in [0.15, 0.2) is 22.7 Å². The summed E-state index contributed by atoms with van der Waals surface area (Å²) in [6.45, 7) is 1.58. The molecule has 0 atom stereocenters. The van der Waals surface area contributed by atoms with Crippen LogP contribution in [0.4, 0.5) is 4.39 Å². The zero-order chi connectivity index (χ0) is 9.84. The molecule has 0 saturated carbocycles. The van der Waals surface area contributed by atoms with Crippen molar-refractivity contribution in [2.75, 3.05) is 0 Å². The Morgan fingerprint density at radius 2 is 2.23 bits per heavy atom. The van der Waals surface area contributed by atoms with Crippen molar-refractivity contribution in [1.29, 1.82) is 0 Å². The van der Waals surface area contributed by atoms with Gasteiger partial charge in [0.2, 0.25) is 5.78 Å². The number of Topliss-reactive ketones (excluding diaryl/α,β-unsaturated/α-hetero) is 1. The Morgan fingerprint density at radius 3 is 2.77 bits per heavy atom. The van der Waals surface area contributed by atoms with Crippen molar-refractivity contribution in [3.05, 3.63) is 34.1 Å². The van der Waals surface area contributed by atoms with Gasteiger partial charge in [-0.3, -0.25) is 4.79 Å². The highest BCUT2D eigenvalue weighted by Crippen LogP contribution is 2.18. The summed E-state index contributed by atoms with van der Waals surface area (Å²) in [5.41, 5.74) is 0.385. The van der Waals surface area contributed by atoms with Gasteiger partial charge in [0.15, 0.2) is 0 Å². The summed E-state index contributed by atoms with van der Waals surface area (Å²) in [6, 6.07) is 3.88. The number of hydrogen-bond donors (Lipinski definition) is 0. The molecule has 0 amide bonds. The average Bonchev–Trinajstić information content (AvgIpc) is 2.04. The SMILES string of the molecule is CC#CC(=O)c1ccc(F)cc1Br. The number of ketones is 1. The van der Waals surface area contributed by atoms with Gasteiger partial charge in [-0.1, -0.05) is 5.92 Å². The van der Waals surface area contributed by atoms with Crippen LogP contribution in [0.3, 0.4) is 0 Å². The topological polar surface area (TPSA) is 17.1 Å². The maximum absolute atomic E-state index is 12.6. The molecule has 13 heavy (non-hydrogen) atoms. The van der Waals surface area contributed by atoms with Crippen molar-refractivity contribution in [2.45, 2.75) is 6.92 Å². The first kappa shape index (κ1) is 9.94. The number of hydrogen-bond acceptors (Lipinski definition) is 1. The molecule has 0 N–H and O–H groups in total. The van der Waals surface area contributed by atoms with E-state index in [1.54, 1.807) is 6.92 Å². The lowest BCUT2D eigenvalue weighted by molar-refractivity contribution is 0.105. The minimum atomic E-state index is -0.382. The minimum absolute atomic E-state index is 0.311. The molecular formula is C10H6BrFO. The lowest BCUT2D eigenvalue weighted by atomic mass is 10.1. The second kappa shape index (κ2) is 4.20. The normalized spacial score (nSPS) is 8.85. The van der Waals surface area contributed by atoms with E-state index in [2.05, 4.69) is 27.8 Å². The fraction of sp³-hybridized carbons (Fsp3) is 0.100. The van der Waals surface area contributed by atoms with Gasteiger partial charge in [-0.15, -0.1) is 0 Å². The summed E-state index contributed by atoms with van der Waals surface area (Å²) >= 11 is 3.09. The van der Waals surface area contributed by atoms with Crippen LogP contribution in [0.25, 0.3) is 0 Å². The van der Waals surface area contributed by atoms with E-state index in [1.807, 2.05) is 0 Å². The molecule has 3 heteroatoms. The monoisotopic (exact) mass is 240 g/mol. The van der Waals surface area contributed by atoms with E-state index in [0.29, 0.717) is 10.0 Å². The largest absolute Gasteiger partial charge is 0.279 e. The smallest absolute Gasteiger partial charge is 0.237 e. The Morgan fingerprint density at radius 1 is 1.54 bits per heavy atom. The summed E-state index contributed by atoms with van der Waals surface area (Å²) < 4.78 is 13.1. The summed E-state index contributed by atoms with van der Waals surface area (Å²) in [5.74, 6) is 4.18. The summed E-state index contributed by atoms with van der Waals surface area (Å²) in [6.07, 6.45) is 0. The molecule has 0 fully saturated rings. The first-order valence-electron chi connectivity index (χ1n) is 3.57. The van der Waals surface area contributed by atoms with E-state index in [1.165, 1.54) is 18.2 Å². The van der Waals surface area contributed by atoms with Gasteiger partial charge in [-0.2, -0.15) is 0 Å². The van der Waals surface area contributed by atoms with Gasteiger partial charge >= 0.3 is 0 Å². The van der Waals surface area contributed by atoms with Gasteiger partial charge in [0.25, 0.3) is 0 Å². The van der Waals surface area contributed by atoms with Crippen LogP contribution >= 0.6 is 15.9 Å². The second-order valence-corrected chi connectivity index (χ2v) is 3.18. The maximum Gasteiger partial charge on any atom is 0.237 e. The molecule has 0 unspecified atom stereocenters. The number of rotatable bonds is 1. The molecule has 1 aromatic rings. The average molecular weight is 241 g/mol. The van der Waals surface area contributed by atoms with E-state index in [4.69, 9.17) is 0 Å². The number of halogens is 2. The molecule has 0 radical (unpaired) electrons. The second-order valence-electron chi connectivity index (χ2n) is 2.33. The third-order valence-corrected chi connectivity index (χ3v) is 2.07. The van der Waals surface area contributed by atoms with Crippen LogP contribution in [-0.4, -0.2) is 5.78 Å². The summed E-state index contributed by atoms with van der Waals surface area (Å²) in [4.78, 5) is 11.3. The van der Waals surface area contributed by atoms with E-state index in [0.717, 1.165) is 0 Å². The maximum atomic E-state index is 12.6. The number of benzene rings is 1. The highest BCUT2D eigenvalue weighted by molar-refractivity contribution is 9.10. The highest BCUT2D eigenvalue weighted by Gasteiger charge is 2.07. The fourth-order valence-corrected chi connectivity index (χ4v) is 1.39. The summed E-state index contributed by atoms with van der Waals surface area (Å²) in [7, 11) is 0. The Hall–Kier alpha value is -1.14. The van der Waals surface area contributed by atoms with Crippen LogP contribution in [-0.2, 0) is 0 Å². The van der Waals surface area contributed by atoms with Gasteiger partial charge in [0.05, 0.1) is 0 Å². The molecule has 1 nitrogen and oxygen atoms in total. The molecule has 1 aromatic carbocycles. The molecule has 0 aliphatic carbocycles. The molecule has 0 bridgehead atoms. The fourth-order valence-electron chi connectivity index (χ4n) is 0.854. The molecule has 0 saturated heterocycles. The Balaban J connectivity index is 3.14. The van der Waals surface area contributed by atoms with E-state index < -0.39 is 0 Å². The van der Waals surface area contributed by atoms with Gasteiger partial charge in [0.1, 0.15) is 5.82 Å². The van der Waals surface area contributed by atoms with Crippen molar-refractivity contribution in [3.8, 4) is 11.8 Å². The molecule has 0 heterocycles. The van der Waals surface area contributed by atoms with Crippen molar-refractivity contribution in [1.82, 2.24) is 0 Å². The van der Waals surface area contributed by atoms with Gasteiger partial charge < -0.3 is 0 Å². The molecule has 66 valence electrons. The van der Waals surface area contributed by atoms with E-state index in [9.17, 15) is 9.18 Å². The third-order valence-electron chi connectivity index (χ3n) is 1.41. The summed E-state index contributed by atoms with van der Waals surface area (Å²) in [5, 5.41) is 0. The Kier molecular flexibility index (Phi) is 3.21. The first-order valence-corrected chi connectivity index (χ1v) is 4.36. The zero-order valence-corrected chi connectivity index (χ0v) is 8.48. The van der Waals surface area contributed by atoms with Crippen molar-refractivity contribution < 1.29 is 9.18 Å². The van der Waals surface area contributed by atoms with Crippen molar-refractivity contribution >= 4 is 21.7 Å². The van der Waals surface area contributed by atoms with Gasteiger partial charge in [-0.05, 0) is 47.0 Å². The quantitative estimate of drug-likeness (QED) is 0.419. The lowest BCUT2D eigenvalue weighted by Gasteiger charge is -1.97. The van der Waals surface area contributed by atoms with Crippen molar-refractivity contribution in [3.63, 3.8) is 0 Å². The molecular weight excluding hydrogens is 235 g/mol. The number of carbonyl (C=O) groups excluding carboxylic acids is 1. The van der Waals surface area contributed by atoms with Crippen LogP contribution in [0, 0.1) is 17.7 Å². The predicted octanol–water partition coefficient (Wildman–Crippen LogP) is 2.79.